The summed E-state index contributed by atoms with van der Waals surface area (Å²) >= 11 is 0. The Morgan fingerprint density at radius 1 is 1.00 bits per heavy atom. The molecule has 0 aliphatic carbocycles. The van der Waals surface area contributed by atoms with Crippen LogP contribution in [0.3, 0.4) is 0 Å². The van der Waals surface area contributed by atoms with Crippen LogP contribution in [0.4, 0.5) is 4.39 Å². The molecule has 0 fully saturated rings. The molecule has 0 spiro atoms. The summed E-state index contributed by atoms with van der Waals surface area (Å²) in [5.74, 6) is 0.0249. The van der Waals surface area contributed by atoms with Crippen molar-refractivity contribution >= 4 is 21.7 Å². The quantitative estimate of drug-likeness (QED) is 0.426. The van der Waals surface area contributed by atoms with Crippen LogP contribution in [0, 0.1) is 5.82 Å². The van der Waals surface area contributed by atoms with Crippen molar-refractivity contribution in [3.63, 3.8) is 0 Å². The van der Waals surface area contributed by atoms with Crippen LogP contribution in [-0.2, 0) is 0 Å². The van der Waals surface area contributed by atoms with Gasteiger partial charge in [0.2, 0.25) is 0 Å². The summed E-state index contributed by atoms with van der Waals surface area (Å²) in [7, 11) is 0. The molecule has 4 nitrogen and oxygen atoms in total. The Balaban J connectivity index is 1.99. The highest BCUT2D eigenvalue weighted by Gasteiger charge is 2.09. The first-order chi connectivity index (χ1) is 11.2. The molecule has 2 heterocycles. The number of halogens is 1. The molecule has 4 rings (SSSR count). The van der Waals surface area contributed by atoms with Crippen LogP contribution in [0.2, 0.25) is 0 Å². The van der Waals surface area contributed by atoms with Crippen molar-refractivity contribution in [1.29, 1.82) is 0 Å². The predicted molar refractivity (Wildman–Crippen MR) is 84.3 cm³/mol. The molecule has 2 aromatic heterocycles. The molecule has 0 saturated carbocycles. The number of pyridine rings is 1. The van der Waals surface area contributed by atoms with E-state index in [0.717, 1.165) is 10.8 Å². The lowest BCUT2D eigenvalue weighted by atomic mass is 10.1. The summed E-state index contributed by atoms with van der Waals surface area (Å²) < 4.78 is 19.2. The molecule has 0 aliphatic rings. The van der Waals surface area contributed by atoms with Crippen molar-refractivity contribution < 1.29 is 14.0 Å². The molecule has 1 N–H and O–H groups in total. The van der Waals surface area contributed by atoms with E-state index in [2.05, 4.69) is 10.1 Å². The molecule has 2 aromatic carbocycles. The van der Waals surface area contributed by atoms with Gasteiger partial charge in [0.25, 0.3) is 0 Å². The van der Waals surface area contributed by atoms with E-state index in [1.54, 1.807) is 12.3 Å². The fourth-order valence-corrected chi connectivity index (χ4v) is 2.57. The highest BCUT2D eigenvalue weighted by molar-refractivity contribution is 5.85. The maximum atomic E-state index is 13.4. The highest BCUT2D eigenvalue weighted by Crippen LogP contribution is 2.24. The first-order valence-corrected chi connectivity index (χ1v) is 7.01. The summed E-state index contributed by atoms with van der Waals surface area (Å²) in [5.41, 5.74) is 1.03. The first kappa shape index (κ1) is 13.5. The molecule has 0 aliphatic heterocycles. The van der Waals surface area contributed by atoms with Gasteiger partial charge in [0.15, 0.2) is 5.76 Å². The van der Waals surface area contributed by atoms with Gasteiger partial charge in [-0.05, 0) is 29.7 Å². The molecule has 0 saturated heterocycles. The van der Waals surface area contributed by atoms with Crippen molar-refractivity contribution in [3.05, 3.63) is 72.0 Å². The summed E-state index contributed by atoms with van der Waals surface area (Å²) in [6.07, 6.45) is 1.75. The Labute approximate surface area is 130 Å². The first-order valence-electron chi connectivity index (χ1n) is 7.01. The van der Waals surface area contributed by atoms with E-state index in [9.17, 15) is 9.60 Å². The van der Waals surface area contributed by atoms with E-state index in [-0.39, 0.29) is 5.36 Å². The number of aromatic nitrogens is 1. The molecule has 0 amide bonds. The fraction of sp³-hybridized carbons (Fsp3) is 0. The number of hydrogen-bond acceptors (Lipinski definition) is 4. The lowest BCUT2D eigenvalue weighted by Crippen LogP contribution is -2.04. The summed E-state index contributed by atoms with van der Waals surface area (Å²) in [5, 5.41) is 15.1. The fourth-order valence-electron chi connectivity index (χ4n) is 2.57. The monoisotopic (exact) mass is 306 g/mol. The zero-order valence-electron chi connectivity index (χ0n) is 11.9. The van der Waals surface area contributed by atoms with Crippen molar-refractivity contribution in [2.45, 2.75) is 0 Å². The van der Waals surface area contributed by atoms with Gasteiger partial charge in [-0.3, -0.25) is 4.98 Å². The lowest BCUT2D eigenvalue weighted by molar-refractivity contribution is 0.302. The number of hydrogen-bond donors (Lipinski definition) is 1. The standard InChI is InChI=1S/C18H11FN2O2/c19-13-5-6-17-14(8-13)15(21-22)9-18(23-17)16-7-11-3-1-2-4-12(11)10-20-16/h1-10,22H/b21-15-. The van der Waals surface area contributed by atoms with Gasteiger partial charge in [0, 0.05) is 23.0 Å². The number of fused-ring (bicyclic) bond motifs is 2. The van der Waals surface area contributed by atoms with Crippen molar-refractivity contribution in [2.75, 3.05) is 0 Å². The molecule has 0 radical (unpaired) electrons. The summed E-state index contributed by atoms with van der Waals surface area (Å²) in [6, 6.07) is 15.3. The lowest BCUT2D eigenvalue weighted by Gasteiger charge is -2.05. The Bertz CT molecular complexity index is 1100. The molecular weight excluding hydrogens is 295 g/mol. The van der Waals surface area contributed by atoms with Crippen LogP contribution in [0.1, 0.15) is 0 Å². The van der Waals surface area contributed by atoms with Crippen LogP contribution < -0.4 is 5.36 Å². The summed E-state index contributed by atoms with van der Waals surface area (Å²) in [4.78, 5) is 4.39. The Morgan fingerprint density at radius 2 is 1.83 bits per heavy atom. The van der Waals surface area contributed by atoms with Crippen LogP contribution in [-0.4, -0.2) is 10.2 Å². The molecule has 5 heteroatoms. The van der Waals surface area contributed by atoms with Crippen LogP contribution in [0.5, 0.6) is 0 Å². The van der Waals surface area contributed by atoms with Gasteiger partial charge in [0.05, 0.1) is 0 Å². The number of benzene rings is 2. The van der Waals surface area contributed by atoms with E-state index in [0.29, 0.717) is 22.4 Å². The van der Waals surface area contributed by atoms with Gasteiger partial charge in [0.1, 0.15) is 22.5 Å². The third-order valence-corrected chi connectivity index (χ3v) is 3.70. The minimum absolute atomic E-state index is 0.232. The largest absolute Gasteiger partial charge is 0.454 e. The molecule has 0 atom stereocenters. The third-order valence-electron chi connectivity index (χ3n) is 3.70. The SMILES string of the molecule is O/N=c1/cc(-c2cc3ccccc3cn2)oc2ccc(F)cc12. The highest BCUT2D eigenvalue weighted by atomic mass is 19.1. The average molecular weight is 306 g/mol. The van der Waals surface area contributed by atoms with Gasteiger partial charge in [-0.15, -0.1) is 0 Å². The van der Waals surface area contributed by atoms with Gasteiger partial charge in [-0.1, -0.05) is 29.4 Å². The van der Waals surface area contributed by atoms with Crippen LogP contribution >= 0.6 is 0 Å². The van der Waals surface area contributed by atoms with Gasteiger partial charge >= 0.3 is 0 Å². The van der Waals surface area contributed by atoms with Crippen molar-refractivity contribution in [2.24, 2.45) is 5.16 Å². The minimum atomic E-state index is -0.422. The number of nitrogens with zero attached hydrogens (tertiary/aromatic N) is 2. The Hall–Kier alpha value is -3.21. The molecular formula is C18H11FN2O2. The minimum Gasteiger partial charge on any atom is -0.454 e. The van der Waals surface area contributed by atoms with E-state index in [4.69, 9.17) is 4.42 Å². The predicted octanol–water partition coefficient (Wildman–Crippen LogP) is 4.08. The third kappa shape index (κ3) is 2.32. The topological polar surface area (TPSA) is 58.6 Å². The van der Waals surface area contributed by atoms with Crippen molar-refractivity contribution in [3.8, 4) is 11.5 Å². The molecule has 0 bridgehead atoms. The molecule has 4 aromatic rings. The molecule has 0 unspecified atom stereocenters. The van der Waals surface area contributed by atoms with Gasteiger partial charge in [-0.2, -0.15) is 0 Å². The average Bonchev–Trinajstić information content (AvgIpc) is 2.60. The van der Waals surface area contributed by atoms with E-state index in [1.165, 1.54) is 18.2 Å². The Kier molecular flexibility index (Phi) is 3.05. The maximum Gasteiger partial charge on any atom is 0.155 e. The number of rotatable bonds is 1. The van der Waals surface area contributed by atoms with Crippen LogP contribution in [0.25, 0.3) is 33.2 Å². The van der Waals surface area contributed by atoms with E-state index < -0.39 is 5.82 Å². The van der Waals surface area contributed by atoms with Crippen LogP contribution in [0.15, 0.2) is 70.4 Å². The van der Waals surface area contributed by atoms with Gasteiger partial charge in [-0.25, -0.2) is 4.39 Å². The smallest absolute Gasteiger partial charge is 0.155 e. The van der Waals surface area contributed by atoms with Gasteiger partial charge < -0.3 is 9.62 Å². The normalized spacial score (nSPS) is 12.1. The van der Waals surface area contributed by atoms with Crippen molar-refractivity contribution in [1.82, 2.24) is 4.98 Å². The second-order valence-electron chi connectivity index (χ2n) is 5.15. The maximum absolute atomic E-state index is 13.4. The van der Waals surface area contributed by atoms with E-state index >= 15 is 0 Å². The second kappa shape index (κ2) is 5.21. The Morgan fingerprint density at radius 3 is 2.65 bits per heavy atom. The molecule has 23 heavy (non-hydrogen) atoms. The second-order valence-corrected chi connectivity index (χ2v) is 5.15. The summed E-state index contributed by atoms with van der Waals surface area (Å²) in [6.45, 7) is 0. The van der Waals surface area contributed by atoms with E-state index in [1.807, 2.05) is 30.3 Å². The zero-order chi connectivity index (χ0) is 15.8. The molecule has 112 valence electrons. The zero-order valence-corrected chi connectivity index (χ0v) is 11.9.